The molecule has 22 heavy (non-hydrogen) atoms. The number of carbonyl (C=O) groups is 1. The molecule has 0 saturated heterocycles. The van der Waals surface area contributed by atoms with Gasteiger partial charge < -0.3 is 14.6 Å². The van der Waals surface area contributed by atoms with Gasteiger partial charge in [0.15, 0.2) is 0 Å². The minimum absolute atomic E-state index is 0.0348. The van der Waals surface area contributed by atoms with Crippen LogP contribution in [-0.4, -0.2) is 16.2 Å². The van der Waals surface area contributed by atoms with Crippen molar-refractivity contribution >= 4 is 28.7 Å². The van der Waals surface area contributed by atoms with Crippen LogP contribution in [0.5, 0.6) is 5.75 Å². The largest absolute Gasteiger partial charge is 0.506 e. The Hall–Kier alpha value is -2.73. The van der Waals surface area contributed by atoms with Gasteiger partial charge in [0.05, 0.1) is 10.9 Å². The first-order chi connectivity index (χ1) is 10.6. The minimum atomic E-state index is -1.10. The first kappa shape index (κ1) is 14.2. The Morgan fingerprint density at radius 1 is 1.05 bits per heavy atom. The van der Waals surface area contributed by atoms with Crippen molar-refractivity contribution in [3.8, 4) is 5.75 Å². The van der Waals surface area contributed by atoms with Crippen LogP contribution in [0.3, 0.4) is 0 Å². The first-order valence-corrected chi connectivity index (χ1v) is 7.14. The lowest BCUT2D eigenvalue weighted by Crippen LogP contribution is -2.04. The van der Waals surface area contributed by atoms with Gasteiger partial charge in [0.25, 0.3) is 0 Å². The number of aromatic hydroxyl groups is 1. The van der Waals surface area contributed by atoms with Crippen LogP contribution in [-0.2, 0) is 0 Å². The van der Waals surface area contributed by atoms with E-state index in [4.69, 9.17) is 4.42 Å². The van der Waals surface area contributed by atoms with Gasteiger partial charge in [-0.2, -0.15) is 0 Å². The molecule has 0 atom stereocenters. The molecule has 0 fully saturated rings. The lowest BCUT2D eigenvalue weighted by Gasteiger charge is -2.07. The summed E-state index contributed by atoms with van der Waals surface area (Å²) >= 11 is 0.874. The molecule has 3 rings (SSSR count). The standard InChI is InChI=1S/C16H10O5S/c17-13-9-5-1-3-7-11(9)21-16(20)14(13)22-12-8-4-2-6-10(12)15(18)19/h1-8,17H,(H,18,19). The second kappa shape index (κ2) is 5.57. The highest BCUT2D eigenvalue weighted by molar-refractivity contribution is 7.99. The van der Waals surface area contributed by atoms with E-state index in [-0.39, 0.29) is 21.8 Å². The Morgan fingerprint density at radius 3 is 2.50 bits per heavy atom. The third-order valence-electron chi connectivity index (χ3n) is 3.07. The Kier molecular flexibility index (Phi) is 3.60. The first-order valence-electron chi connectivity index (χ1n) is 6.33. The van der Waals surface area contributed by atoms with Gasteiger partial charge >= 0.3 is 11.6 Å². The predicted octanol–water partition coefficient (Wildman–Crippen LogP) is 3.35. The molecule has 1 aromatic heterocycles. The molecule has 5 nitrogen and oxygen atoms in total. The Labute approximate surface area is 128 Å². The number of aromatic carboxylic acids is 1. The van der Waals surface area contributed by atoms with E-state index in [2.05, 4.69) is 0 Å². The van der Waals surface area contributed by atoms with E-state index in [1.807, 2.05) is 0 Å². The van der Waals surface area contributed by atoms with Crippen molar-refractivity contribution in [1.82, 2.24) is 0 Å². The van der Waals surface area contributed by atoms with Gasteiger partial charge in [-0.15, -0.1) is 0 Å². The normalized spacial score (nSPS) is 10.7. The van der Waals surface area contributed by atoms with E-state index in [0.717, 1.165) is 11.8 Å². The number of para-hydroxylation sites is 1. The highest BCUT2D eigenvalue weighted by Crippen LogP contribution is 2.37. The summed E-state index contributed by atoms with van der Waals surface area (Å²) in [4.78, 5) is 23.6. The number of rotatable bonds is 3. The predicted molar refractivity (Wildman–Crippen MR) is 81.7 cm³/mol. The summed E-state index contributed by atoms with van der Waals surface area (Å²) in [5.41, 5.74) is -0.373. The van der Waals surface area contributed by atoms with Crippen molar-refractivity contribution in [2.24, 2.45) is 0 Å². The lowest BCUT2D eigenvalue weighted by molar-refractivity contribution is 0.0693. The van der Waals surface area contributed by atoms with E-state index in [9.17, 15) is 19.8 Å². The van der Waals surface area contributed by atoms with Gasteiger partial charge in [-0.05, 0) is 24.3 Å². The quantitative estimate of drug-likeness (QED) is 0.721. The van der Waals surface area contributed by atoms with Gasteiger partial charge in [0.1, 0.15) is 16.2 Å². The molecule has 2 aromatic carbocycles. The summed E-state index contributed by atoms with van der Waals surface area (Å²) in [7, 11) is 0. The third-order valence-corrected chi connectivity index (χ3v) is 4.21. The molecule has 0 spiro atoms. The third kappa shape index (κ3) is 2.44. The molecule has 0 unspecified atom stereocenters. The molecular weight excluding hydrogens is 304 g/mol. The van der Waals surface area contributed by atoms with E-state index >= 15 is 0 Å². The Morgan fingerprint density at radius 2 is 1.73 bits per heavy atom. The fourth-order valence-electron chi connectivity index (χ4n) is 2.05. The van der Waals surface area contributed by atoms with Crippen molar-refractivity contribution in [2.45, 2.75) is 9.79 Å². The number of carboxylic acids is 1. The molecule has 0 aliphatic rings. The van der Waals surface area contributed by atoms with Gasteiger partial charge in [-0.25, -0.2) is 9.59 Å². The fraction of sp³-hybridized carbons (Fsp3) is 0. The average molecular weight is 314 g/mol. The monoisotopic (exact) mass is 314 g/mol. The zero-order valence-corrected chi connectivity index (χ0v) is 12.0. The maximum atomic E-state index is 12.0. The van der Waals surface area contributed by atoms with E-state index in [1.165, 1.54) is 6.07 Å². The molecule has 0 aliphatic heterocycles. The molecule has 1 heterocycles. The SMILES string of the molecule is O=C(O)c1ccccc1Sc1c(O)c2ccccc2oc1=O. The lowest BCUT2D eigenvalue weighted by atomic mass is 10.2. The molecular formula is C16H10O5S. The van der Waals surface area contributed by atoms with Crippen molar-refractivity contribution < 1.29 is 19.4 Å². The average Bonchev–Trinajstić information content (AvgIpc) is 2.51. The van der Waals surface area contributed by atoms with Crippen LogP contribution in [0.25, 0.3) is 11.0 Å². The van der Waals surface area contributed by atoms with E-state index < -0.39 is 11.6 Å². The zero-order valence-electron chi connectivity index (χ0n) is 11.1. The topological polar surface area (TPSA) is 87.7 Å². The smallest absolute Gasteiger partial charge is 0.354 e. The molecule has 0 bridgehead atoms. The molecule has 2 N–H and O–H groups in total. The molecule has 0 saturated carbocycles. The van der Waals surface area contributed by atoms with Gasteiger partial charge in [0, 0.05) is 4.90 Å². The van der Waals surface area contributed by atoms with E-state index in [1.54, 1.807) is 42.5 Å². The summed E-state index contributed by atoms with van der Waals surface area (Å²) in [6.07, 6.45) is 0. The zero-order chi connectivity index (χ0) is 15.7. The fourth-order valence-corrected chi connectivity index (χ4v) is 3.01. The van der Waals surface area contributed by atoms with E-state index in [0.29, 0.717) is 10.3 Å². The van der Waals surface area contributed by atoms with Crippen LogP contribution in [0, 0.1) is 0 Å². The number of hydrogen-bond donors (Lipinski definition) is 2. The highest BCUT2D eigenvalue weighted by atomic mass is 32.2. The molecule has 6 heteroatoms. The van der Waals surface area contributed by atoms with Gasteiger partial charge in [0.2, 0.25) is 0 Å². The minimum Gasteiger partial charge on any atom is -0.506 e. The number of hydrogen-bond acceptors (Lipinski definition) is 5. The number of benzene rings is 2. The number of fused-ring (bicyclic) bond motifs is 1. The maximum Gasteiger partial charge on any atom is 0.354 e. The summed E-state index contributed by atoms with van der Waals surface area (Å²) in [5.74, 6) is -1.31. The highest BCUT2D eigenvalue weighted by Gasteiger charge is 2.18. The second-order valence-electron chi connectivity index (χ2n) is 4.47. The summed E-state index contributed by atoms with van der Waals surface area (Å²) < 4.78 is 5.16. The maximum absolute atomic E-state index is 12.0. The van der Waals surface area contributed by atoms with Crippen LogP contribution < -0.4 is 5.63 Å². The summed E-state index contributed by atoms with van der Waals surface area (Å²) in [6.45, 7) is 0. The van der Waals surface area contributed by atoms with Crippen LogP contribution in [0.2, 0.25) is 0 Å². The van der Waals surface area contributed by atoms with Gasteiger partial charge in [-0.1, -0.05) is 36.0 Å². The molecule has 0 radical (unpaired) electrons. The summed E-state index contributed by atoms with van der Waals surface area (Å²) in [5, 5.41) is 19.9. The molecule has 110 valence electrons. The number of carboxylic acid groups (broad SMARTS) is 1. The molecule has 3 aromatic rings. The summed E-state index contributed by atoms with van der Waals surface area (Å²) in [6, 6.07) is 12.9. The van der Waals surface area contributed by atoms with Crippen molar-refractivity contribution in [3.05, 3.63) is 64.5 Å². The van der Waals surface area contributed by atoms with Crippen molar-refractivity contribution in [2.75, 3.05) is 0 Å². The molecule has 0 aliphatic carbocycles. The van der Waals surface area contributed by atoms with Crippen molar-refractivity contribution in [3.63, 3.8) is 0 Å². The van der Waals surface area contributed by atoms with Crippen LogP contribution in [0.4, 0.5) is 0 Å². The van der Waals surface area contributed by atoms with Crippen LogP contribution in [0.1, 0.15) is 10.4 Å². The van der Waals surface area contributed by atoms with Crippen LogP contribution >= 0.6 is 11.8 Å². The van der Waals surface area contributed by atoms with Crippen molar-refractivity contribution in [1.29, 1.82) is 0 Å². The Balaban J connectivity index is 2.16. The van der Waals surface area contributed by atoms with Crippen LogP contribution in [0.15, 0.2) is 67.5 Å². The van der Waals surface area contributed by atoms with Gasteiger partial charge in [-0.3, -0.25) is 0 Å². The molecule has 0 amide bonds. The Bertz CT molecular complexity index is 929. The second-order valence-corrected chi connectivity index (χ2v) is 5.52.